The second-order valence-electron chi connectivity index (χ2n) is 4.62. The molecule has 3 heteroatoms. The largest absolute Gasteiger partial charge is 0.508 e. The number of amides is 1. The number of aryl methyl sites for hydroxylation is 1. The van der Waals surface area contributed by atoms with Crippen molar-refractivity contribution in [2.45, 2.75) is 26.7 Å². The third-order valence-electron chi connectivity index (χ3n) is 3.22. The fraction of sp³-hybridized carbons (Fsp3) is 0.462. The molecule has 1 fully saturated rings. The van der Waals surface area contributed by atoms with Crippen LogP contribution in [-0.2, 0) is 4.79 Å². The molecule has 1 saturated carbocycles. The van der Waals surface area contributed by atoms with E-state index in [1.54, 1.807) is 12.1 Å². The third-order valence-corrected chi connectivity index (χ3v) is 3.22. The van der Waals surface area contributed by atoms with Crippen molar-refractivity contribution < 1.29 is 9.90 Å². The van der Waals surface area contributed by atoms with Gasteiger partial charge in [0.15, 0.2) is 0 Å². The summed E-state index contributed by atoms with van der Waals surface area (Å²) in [6.07, 6.45) is 2.32. The van der Waals surface area contributed by atoms with E-state index in [0.29, 0.717) is 11.6 Å². The van der Waals surface area contributed by atoms with E-state index in [-0.39, 0.29) is 17.6 Å². The Balaban J connectivity index is 2.02. The van der Waals surface area contributed by atoms with Crippen LogP contribution in [0.2, 0.25) is 0 Å². The fourth-order valence-corrected chi connectivity index (χ4v) is 1.75. The first-order chi connectivity index (χ1) is 7.58. The maximum atomic E-state index is 11.8. The molecule has 0 radical (unpaired) electrons. The number of benzene rings is 1. The molecule has 1 atom stereocenters. The highest BCUT2D eigenvalue weighted by atomic mass is 16.3. The van der Waals surface area contributed by atoms with Crippen LogP contribution in [0.4, 0.5) is 5.69 Å². The summed E-state index contributed by atoms with van der Waals surface area (Å²) < 4.78 is 0. The highest BCUT2D eigenvalue weighted by Gasteiger charge is 2.32. The molecule has 1 aliphatic carbocycles. The molecular formula is C13H17NO2. The third kappa shape index (κ3) is 2.35. The molecule has 0 bridgehead atoms. The molecule has 1 aliphatic rings. The Kier molecular flexibility index (Phi) is 2.86. The lowest BCUT2D eigenvalue weighted by atomic mass is 10.1. The smallest absolute Gasteiger partial charge is 0.227 e. The summed E-state index contributed by atoms with van der Waals surface area (Å²) >= 11 is 0. The van der Waals surface area contributed by atoms with Gasteiger partial charge >= 0.3 is 0 Å². The van der Waals surface area contributed by atoms with Crippen molar-refractivity contribution >= 4 is 11.6 Å². The predicted octanol–water partition coefficient (Wildman–Crippen LogP) is 2.69. The van der Waals surface area contributed by atoms with Crippen molar-refractivity contribution in [3.05, 3.63) is 23.8 Å². The van der Waals surface area contributed by atoms with Crippen molar-refractivity contribution in [1.29, 1.82) is 0 Å². The van der Waals surface area contributed by atoms with Crippen molar-refractivity contribution in [2.75, 3.05) is 5.32 Å². The minimum Gasteiger partial charge on any atom is -0.508 e. The standard InChI is InChI=1S/C13H17NO2/c1-8-3-6-11(7-12(8)15)14-13(16)9(2)10-4-5-10/h3,6-7,9-10,15H,4-5H2,1-2H3,(H,14,16). The van der Waals surface area contributed by atoms with Gasteiger partial charge in [0.1, 0.15) is 5.75 Å². The number of anilines is 1. The highest BCUT2D eigenvalue weighted by molar-refractivity contribution is 5.92. The Morgan fingerprint density at radius 3 is 2.75 bits per heavy atom. The second-order valence-corrected chi connectivity index (χ2v) is 4.62. The summed E-state index contributed by atoms with van der Waals surface area (Å²) in [5, 5.41) is 12.4. The predicted molar refractivity (Wildman–Crippen MR) is 63.4 cm³/mol. The molecule has 0 aliphatic heterocycles. The van der Waals surface area contributed by atoms with Crippen LogP contribution >= 0.6 is 0 Å². The highest BCUT2D eigenvalue weighted by Crippen LogP contribution is 2.37. The molecule has 1 amide bonds. The van der Waals surface area contributed by atoms with Crippen LogP contribution in [0.5, 0.6) is 5.75 Å². The van der Waals surface area contributed by atoms with Crippen LogP contribution in [0.1, 0.15) is 25.3 Å². The number of phenolic OH excluding ortho intramolecular Hbond substituents is 1. The molecule has 86 valence electrons. The maximum absolute atomic E-state index is 11.8. The summed E-state index contributed by atoms with van der Waals surface area (Å²) in [5.74, 6) is 0.894. The number of rotatable bonds is 3. The van der Waals surface area contributed by atoms with Crippen LogP contribution in [0.3, 0.4) is 0 Å². The van der Waals surface area contributed by atoms with Crippen molar-refractivity contribution in [3.63, 3.8) is 0 Å². The summed E-state index contributed by atoms with van der Waals surface area (Å²) in [6, 6.07) is 5.20. The summed E-state index contributed by atoms with van der Waals surface area (Å²) in [5.41, 5.74) is 1.48. The van der Waals surface area contributed by atoms with Gasteiger partial charge in [0.05, 0.1) is 0 Å². The van der Waals surface area contributed by atoms with Gasteiger partial charge in [0.2, 0.25) is 5.91 Å². The van der Waals surface area contributed by atoms with Crippen LogP contribution in [0, 0.1) is 18.8 Å². The zero-order chi connectivity index (χ0) is 11.7. The first-order valence-electron chi connectivity index (χ1n) is 5.68. The number of carbonyl (C=O) groups excluding carboxylic acids is 1. The van der Waals surface area contributed by atoms with Gasteiger partial charge in [-0.25, -0.2) is 0 Å². The lowest BCUT2D eigenvalue weighted by molar-refractivity contribution is -0.119. The molecule has 0 heterocycles. The molecule has 1 unspecified atom stereocenters. The normalized spacial score (nSPS) is 16.9. The molecular weight excluding hydrogens is 202 g/mol. The maximum Gasteiger partial charge on any atom is 0.227 e. The van der Waals surface area contributed by atoms with Gasteiger partial charge < -0.3 is 10.4 Å². The summed E-state index contributed by atoms with van der Waals surface area (Å²) in [7, 11) is 0. The van der Waals surface area contributed by atoms with Gasteiger partial charge in [0.25, 0.3) is 0 Å². The average Bonchev–Trinajstić information content (AvgIpc) is 3.06. The summed E-state index contributed by atoms with van der Waals surface area (Å²) in [4.78, 5) is 11.8. The fourth-order valence-electron chi connectivity index (χ4n) is 1.75. The van der Waals surface area contributed by atoms with Crippen molar-refractivity contribution in [1.82, 2.24) is 0 Å². The first-order valence-corrected chi connectivity index (χ1v) is 5.68. The van der Waals surface area contributed by atoms with Crippen molar-refractivity contribution in [2.24, 2.45) is 11.8 Å². The zero-order valence-corrected chi connectivity index (χ0v) is 9.66. The lowest BCUT2D eigenvalue weighted by Gasteiger charge is -2.11. The SMILES string of the molecule is Cc1ccc(NC(=O)C(C)C2CC2)cc1O. The zero-order valence-electron chi connectivity index (χ0n) is 9.66. The Labute approximate surface area is 95.5 Å². The van der Waals surface area contributed by atoms with Gasteiger partial charge in [-0.2, -0.15) is 0 Å². The minimum atomic E-state index is 0.0470. The quantitative estimate of drug-likeness (QED) is 0.821. The van der Waals surface area contributed by atoms with Gasteiger partial charge in [-0.1, -0.05) is 13.0 Å². The van der Waals surface area contributed by atoms with E-state index in [2.05, 4.69) is 5.32 Å². The number of aromatic hydroxyl groups is 1. The summed E-state index contributed by atoms with van der Waals surface area (Å²) in [6.45, 7) is 3.79. The van der Waals surface area contributed by atoms with Gasteiger partial charge in [-0.05, 0) is 37.3 Å². The minimum absolute atomic E-state index is 0.0470. The van der Waals surface area contributed by atoms with Crippen LogP contribution in [0.15, 0.2) is 18.2 Å². The number of phenols is 1. The second kappa shape index (κ2) is 4.16. The lowest BCUT2D eigenvalue weighted by Crippen LogP contribution is -2.21. The molecule has 2 rings (SSSR count). The molecule has 1 aromatic rings. The first kappa shape index (κ1) is 11.0. The molecule has 0 aromatic heterocycles. The molecule has 0 spiro atoms. The van der Waals surface area contributed by atoms with E-state index in [1.165, 1.54) is 0 Å². The monoisotopic (exact) mass is 219 g/mol. The van der Waals surface area contributed by atoms with E-state index in [0.717, 1.165) is 18.4 Å². The van der Waals surface area contributed by atoms with Crippen LogP contribution in [-0.4, -0.2) is 11.0 Å². The van der Waals surface area contributed by atoms with Crippen LogP contribution < -0.4 is 5.32 Å². The number of hydrogen-bond acceptors (Lipinski definition) is 2. The van der Waals surface area contributed by atoms with Gasteiger partial charge in [-0.15, -0.1) is 0 Å². The van der Waals surface area contributed by atoms with E-state index in [9.17, 15) is 9.90 Å². The van der Waals surface area contributed by atoms with E-state index in [1.807, 2.05) is 19.9 Å². The van der Waals surface area contributed by atoms with Gasteiger partial charge in [-0.3, -0.25) is 4.79 Å². The number of nitrogens with one attached hydrogen (secondary N) is 1. The Bertz CT molecular complexity index is 410. The van der Waals surface area contributed by atoms with Gasteiger partial charge in [0, 0.05) is 17.7 Å². The molecule has 3 nitrogen and oxygen atoms in total. The van der Waals surface area contributed by atoms with E-state index >= 15 is 0 Å². The number of carbonyl (C=O) groups is 1. The van der Waals surface area contributed by atoms with Crippen molar-refractivity contribution in [3.8, 4) is 5.75 Å². The van der Waals surface area contributed by atoms with E-state index < -0.39 is 0 Å². The Morgan fingerprint density at radius 2 is 2.19 bits per heavy atom. The van der Waals surface area contributed by atoms with E-state index in [4.69, 9.17) is 0 Å². The molecule has 16 heavy (non-hydrogen) atoms. The topological polar surface area (TPSA) is 49.3 Å². The Morgan fingerprint density at radius 1 is 1.50 bits per heavy atom. The molecule has 2 N–H and O–H groups in total. The Hall–Kier alpha value is -1.51. The average molecular weight is 219 g/mol. The molecule has 1 aromatic carbocycles. The number of hydrogen-bond donors (Lipinski definition) is 2. The molecule has 0 saturated heterocycles. The van der Waals surface area contributed by atoms with Crippen LogP contribution in [0.25, 0.3) is 0 Å².